The highest BCUT2D eigenvalue weighted by molar-refractivity contribution is 5.91. The Balaban J connectivity index is 1.88. The summed E-state index contributed by atoms with van der Waals surface area (Å²) in [7, 11) is 0. The van der Waals surface area contributed by atoms with Gasteiger partial charge < -0.3 is 9.88 Å². The number of nitrogens with zero attached hydrogens (tertiary/aromatic N) is 1. The number of fused-ring (bicyclic) bond motifs is 1. The standard InChI is InChI=1S/C19H18N2O2/c1-13-4-3-5-15(10-13)20-19(23)12-21-9-8-18(22)16-11-14(2)6-7-17(16)21/h3-11H,12H2,1-2H3,(H,20,23). The van der Waals surface area contributed by atoms with Crippen molar-refractivity contribution in [3.63, 3.8) is 0 Å². The van der Waals surface area contributed by atoms with E-state index in [1.54, 1.807) is 10.8 Å². The van der Waals surface area contributed by atoms with E-state index in [-0.39, 0.29) is 17.9 Å². The predicted molar refractivity (Wildman–Crippen MR) is 92.8 cm³/mol. The molecular weight excluding hydrogens is 288 g/mol. The zero-order valence-corrected chi connectivity index (χ0v) is 13.2. The highest BCUT2D eigenvalue weighted by atomic mass is 16.2. The van der Waals surface area contributed by atoms with Crippen LogP contribution in [0.3, 0.4) is 0 Å². The third kappa shape index (κ3) is 3.31. The monoisotopic (exact) mass is 306 g/mol. The number of hydrogen-bond acceptors (Lipinski definition) is 2. The number of carbonyl (C=O) groups excluding carboxylic acids is 1. The van der Waals surface area contributed by atoms with Gasteiger partial charge in [-0.05, 0) is 43.7 Å². The summed E-state index contributed by atoms with van der Waals surface area (Å²) in [4.78, 5) is 24.3. The van der Waals surface area contributed by atoms with E-state index in [4.69, 9.17) is 0 Å². The lowest BCUT2D eigenvalue weighted by molar-refractivity contribution is -0.116. The topological polar surface area (TPSA) is 51.1 Å². The van der Waals surface area contributed by atoms with E-state index in [9.17, 15) is 9.59 Å². The van der Waals surface area contributed by atoms with E-state index >= 15 is 0 Å². The summed E-state index contributed by atoms with van der Waals surface area (Å²) in [6, 6.07) is 14.8. The first-order valence-corrected chi connectivity index (χ1v) is 7.49. The Bertz CT molecular complexity index is 941. The van der Waals surface area contributed by atoms with Crippen LogP contribution in [0.25, 0.3) is 10.9 Å². The molecule has 0 radical (unpaired) electrons. The molecule has 0 saturated heterocycles. The quantitative estimate of drug-likeness (QED) is 0.807. The van der Waals surface area contributed by atoms with Crippen LogP contribution in [0.15, 0.2) is 59.5 Å². The minimum atomic E-state index is -0.124. The molecule has 0 atom stereocenters. The summed E-state index contributed by atoms with van der Waals surface area (Å²) in [5.41, 5.74) is 3.63. The normalized spacial score (nSPS) is 10.7. The van der Waals surface area contributed by atoms with Gasteiger partial charge >= 0.3 is 0 Å². The molecule has 0 aliphatic carbocycles. The SMILES string of the molecule is Cc1cccc(NC(=O)Cn2ccc(=O)c3cc(C)ccc32)c1. The van der Waals surface area contributed by atoms with Gasteiger partial charge in [-0.3, -0.25) is 9.59 Å². The van der Waals surface area contributed by atoms with Crippen LogP contribution in [0.1, 0.15) is 11.1 Å². The van der Waals surface area contributed by atoms with E-state index < -0.39 is 0 Å². The number of aromatic nitrogens is 1. The number of pyridine rings is 1. The number of hydrogen-bond donors (Lipinski definition) is 1. The van der Waals surface area contributed by atoms with Gasteiger partial charge in [0.1, 0.15) is 6.54 Å². The molecule has 4 heteroatoms. The molecule has 1 N–H and O–H groups in total. The fourth-order valence-corrected chi connectivity index (χ4v) is 2.64. The van der Waals surface area contributed by atoms with E-state index in [1.165, 1.54) is 6.07 Å². The molecule has 0 aliphatic heterocycles. The molecule has 0 bridgehead atoms. The zero-order chi connectivity index (χ0) is 16.4. The molecule has 23 heavy (non-hydrogen) atoms. The molecule has 0 fully saturated rings. The molecule has 0 unspecified atom stereocenters. The van der Waals surface area contributed by atoms with E-state index in [0.717, 1.165) is 22.3 Å². The number of nitrogens with one attached hydrogen (secondary N) is 1. The second kappa shape index (κ2) is 6.08. The van der Waals surface area contributed by atoms with Gasteiger partial charge in [0, 0.05) is 23.3 Å². The first kappa shape index (κ1) is 15.0. The van der Waals surface area contributed by atoms with E-state index in [1.807, 2.05) is 56.3 Å². The number of carbonyl (C=O) groups is 1. The van der Waals surface area contributed by atoms with Crippen LogP contribution < -0.4 is 10.7 Å². The lowest BCUT2D eigenvalue weighted by atomic mass is 10.1. The predicted octanol–water partition coefficient (Wildman–Crippen LogP) is 3.26. The Morgan fingerprint density at radius 2 is 1.83 bits per heavy atom. The number of rotatable bonds is 3. The molecule has 3 rings (SSSR count). The Hall–Kier alpha value is -2.88. The molecule has 2 aromatic carbocycles. The summed E-state index contributed by atoms with van der Waals surface area (Å²) in [5, 5.41) is 3.52. The van der Waals surface area contributed by atoms with Crippen LogP contribution in [0, 0.1) is 13.8 Å². The largest absolute Gasteiger partial charge is 0.338 e. The average molecular weight is 306 g/mol. The number of benzene rings is 2. The molecule has 1 amide bonds. The highest BCUT2D eigenvalue weighted by Gasteiger charge is 2.08. The smallest absolute Gasteiger partial charge is 0.244 e. The third-order valence-corrected chi connectivity index (χ3v) is 3.75. The van der Waals surface area contributed by atoms with Crippen molar-refractivity contribution in [1.82, 2.24) is 4.57 Å². The van der Waals surface area contributed by atoms with Crippen molar-refractivity contribution in [3.05, 3.63) is 76.1 Å². The second-order valence-electron chi connectivity index (χ2n) is 5.75. The number of aryl methyl sites for hydroxylation is 2. The molecule has 0 saturated carbocycles. The maximum Gasteiger partial charge on any atom is 0.244 e. The van der Waals surface area contributed by atoms with E-state index in [2.05, 4.69) is 5.32 Å². The first-order valence-electron chi connectivity index (χ1n) is 7.49. The summed E-state index contributed by atoms with van der Waals surface area (Å²) in [5.74, 6) is -0.124. The van der Waals surface area contributed by atoms with Gasteiger partial charge in [0.2, 0.25) is 5.91 Å². The van der Waals surface area contributed by atoms with E-state index in [0.29, 0.717) is 5.39 Å². The van der Waals surface area contributed by atoms with Gasteiger partial charge in [-0.15, -0.1) is 0 Å². The summed E-state index contributed by atoms with van der Waals surface area (Å²) >= 11 is 0. The van der Waals surface area contributed by atoms with Crippen molar-refractivity contribution in [2.45, 2.75) is 20.4 Å². The highest BCUT2D eigenvalue weighted by Crippen LogP contribution is 2.13. The molecule has 1 aromatic heterocycles. The van der Waals surface area contributed by atoms with Gasteiger partial charge in [-0.1, -0.05) is 23.8 Å². The zero-order valence-electron chi connectivity index (χ0n) is 13.2. The van der Waals surface area contributed by atoms with Gasteiger partial charge in [-0.2, -0.15) is 0 Å². The van der Waals surface area contributed by atoms with Gasteiger partial charge in [0.25, 0.3) is 0 Å². The van der Waals surface area contributed by atoms with Crippen LogP contribution in [-0.2, 0) is 11.3 Å². The van der Waals surface area contributed by atoms with Gasteiger partial charge in [-0.25, -0.2) is 0 Å². The Kier molecular flexibility index (Phi) is 3.98. The van der Waals surface area contributed by atoms with Crippen LogP contribution in [0.5, 0.6) is 0 Å². The van der Waals surface area contributed by atoms with Gasteiger partial charge in [0.15, 0.2) is 5.43 Å². The number of amides is 1. The van der Waals surface area contributed by atoms with Crippen molar-refractivity contribution in [1.29, 1.82) is 0 Å². The van der Waals surface area contributed by atoms with Crippen molar-refractivity contribution >= 4 is 22.5 Å². The third-order valence-electron chi connectivity index (χ3n) is 3.75. The molecule has 0 spiro atoms. The molecule has 4 nitrogen and oxygen atoms in total. The van der Waals surface area contributed by atoms with Crippen molar-refractivity contribution < 1.29 is 4.79 Å². The molecule has 1 heterocycles. The average Bonchev–Trinajstić information content (AvgIpc) is 2.50. The maximum atomic E-state index is 12.3. The summed E-state index contributed by atoms with van der Waals surface area (Å²) < 4.78 is 1.79. The van der Waals surface area contributed by atoms with Crippen LogP contribution in [0.4, 0.5) is 5.69 Å². The van der Waals surface area contributed by atoms with Crippen molar-refractivity contribution in [2.75, 3.05) is 5.32 Å². The Labute approximate surface area is 134 Å². The summed E-state index contributed by atoms with van der Waals surface area (Å²) in [6.45, 7) is 4.08. The molecule has 3 aromatic rings. The first-order chi connectivity index (χ1) is 11.0. The van der Waals surface area contributed by atoms with Crippen LogP contribution in [0.2, 0.25) is 0 Å². The Morgan fingerprint density at radius 1 is 1.04 bits per heavy atom. The van der Waals surface area contributed by atoms with Crippen molar-refractivity contribution in [3.8, 4) is 0 Å². The second-order valence-corrected chi connectivity index (χ2v) is 5.75. The molecular formula is C19H18N2O2. The van der Waals surface area contributed by atoms with Gasteiger partial charge in [0.05, 0.1) is 5.52 Å². The lowest BCUT2D eigenvalue weighted by Crippen LogP contribution is -2.20. The fraction of sp³-hybridized carbons (Fsp3) is 0.158. The molecule has 0 aliphatic rings. The van der Waals surface area contributed by atoms with Crippen LogP contribution >= 0.6 is 0 Å². The van der Waals surface area contributed by atoms with Crippen LogP contribution in [-0.4, -0.2) is 10.5 Å². The minimum Gasteiger partial charge on any atom is -0.338 e. The number of anilines is 1. The maximum absolute atomic E-state index is 12.3. The lowest BCUT2D eigenvalue weighted by Gasteiger charge is -2.12. The minimum absolute atomic E-state index is 0.0287. The Morgan fingerprint density at radius 3 is 2.61 bits per heavy atom. The fourth-order valence-electron chi connectivity index (χ4n) is 2.64. The van der Waals surface area contributed by atoms with Crippen molar-refractivity contribution in [2.24, 2.45) is 0 Å². The molecule has 116 valence electrons. The summed E-state index contributed by atoms with van der Waals surface area (Å²) in [6.07, 6.45) is 1.66.